The summed E-state index contributed by atoms with van der Waals surface area (Å²) in [7, 11) is 0. The zero-order chi connectivity index (χ0) is 16.2. The molecule has 0 aliphatic carbocycles. The lowest BCUT2D eigenvalue weighted by atomic mass is 10.1. The second-order valence-corrected chi connectivity index (χ2v) is 7.73. The molecule has 1 N–H and O–H groups in total. The van der Waals surface area contributed by atoms with Gasteiger partial charge in [-0.2, -0.15) is 0 Å². The molecule has 23 heavy (non-hydrogen) atoms. The van der Waals surface area contributed by atoms with Crippen LogP contribution in [-0.4, -0.2) is 10.2 Å². The van der Waals surface area contributed by atoms with E-state index >= 15 is 0 Å². The van der Waals surface area contributed by atoms with Crippen molar-refractivity contribution in [2.75, 3.05) is 5.32 Å². The van der Waals surface area contributed by atoms with Crippen LogP contribution in [0.3, 0.4) is 0 Å². The van der Waals surface area contributed by atoms with Crippen LogP contribution >= 0.6 is 23.1 Å². The molecule has 0 aliphatic heterocycles. The van der Waals surface area contributed by atoms with Crippen LogP contribution in [-0.2, 0) is 5.75 Å². The third kappa shape index (κ3) is 4.12. The number of aryl methyl sites for hydroxylation is 3. The fourth-order valence-corrected chi connectivity index (χ4v) is 4.07. The Kier molecular flexibility index (Phi) is 4.98. The monoisotopic (exact) mass is 341 g/mol. The van der Waals surface area contributed by atoms with Gasteiger partial charge in [0, 0.05) is 11.4 Å². The van der Waals surface area contributed by atoms with E-state index < -0.39 is 0 Å². The van der Waals surface area contributed by atoms with Crippen LogP contribution in [0.25, 0.3) is 0 Å². The topological polar surface area (TPSA) is 37.8 Å². The molecule has 0 unspecified atom stereocenters. The van der Waals surface area contributed by atoms with Gasteiger partial charge in [-0.3, -0.25) is 0 Å². The summed E-state index contributed by atoms with van der Waals surface area (Å²) in [5.74, 6) is 0.923. The first kappa shape index (κ1) is 16.0. The van der Waals surface area contributed by atoms with Crippen LogP contribution in [0.1, 0.15) is 22.3 Å². The quantitative estimate of drug-likeness (QED) is 0.622. The lowest BCUT2D eigenvalue weighted by Crippen LogP contribution is -1.91. The Balaban J connectivity index is 1.66. The molecular weight excluding hydrogens is 322 g/mol. The minimum Gasteiger partial charge on any atom is -0.330 e. The lowest BCUT2D eigenvalue weighted by Gasteiger charge is -2.05. The molecular formula is C18H19N3S2. The van der Waals surface area contributed by atoms with Gasteiger partial charge in [0.15, 0.2) is 4.34 Å². The minimum absolute atomic E-state index is 0.836. The molecule has 3 rings (SSSR count). The van der Waals surface area contributed by atoms with E-state index in [0.717, 1.165) is 20.9 Å². The molecule has 0 saturated heterocycles. The summed E-state index contributed by atoms with van der Waals surface area (Å²) in [5.41, 5.74) is 6.26. The van der Waals surface area contributed by atoms with Gasteiger partial charge in [-0.1, -0.05) is 65.1 Å². The van der Waals surface area contributed by atoms with Crippen LogP contribution in [0.5, 0.6) is 0 Å². The van der Waals surface area contributed by atoms with Crippen LogP contribution in [0.2, 0.25) is 0 Å². The molecule has 5 heteroatoms. The maximum atomic E-state index is 4.28. The van der Waals surface area contributed by atoms with Gasteiger partial charge in [-0.15, -0.1) is 10.2 Å². The number of rotatable bonds is 5. The van der Waals surface area contributed by atoms with Crippen molar-refractivity contribution in [2.24, 2.45) is 0 Å². The van der Waals surface area contributed by atoms with Crippen molar-refractivity contribution in [3.8, 4) is 0 Å². The number of nitrogens with one attached hydrogen (secondary N) is 1. The van der Waals surface area contributed by atoms with Gasteiger partial charge in [-0.05, 0) is 43.5 Å². The largest absolute Gasteiger partial charge is 0.330 e. The van der Waals surface area contributed by atoms with Gasteiger partial charge in [0.25, 0.3) is 0 Å². The van der Waals surface area contributed by atoms with E-state index in [1.807, 2.05) is 12.1 Å². The molecule has 1 aromatic heterocycles. The highest BCUT2D eigenvalue weighted by molar-refractivity contribution is 8.00. The summed E-state index contributed by atoms with van der Waals surface area (Å²) in [4.78, 5) is 0. The standard InChI is InChI=1S/C18H19N3S2/c1-12-8-9-13(2)15(10-12)11-22-18-21-20-17(23-18)19-16-7-5-4-6-14(16)3/h4-10H,11H2,1-3H3,(H,19,20). The van der Waals surface area contributed by atoms with Gasteiger partial charge in [0.2, 0.25) is 5.13 Å². The molecule has 0 amide bonds. The summed E-state index contributed by atoms with van der Waals surface area (Å²) in [6.07, 6.45) is 0. The van der Waals surface area contributed by atoms with Crippen molar-refractivity contribution < 1.29 is 0 Å². The van der Waals surface area contributed by atoms with E-state index in [1.54, 1.807) is 23.1 Å². The second kappa shape index (κ2) is 7.15. The van der Waals surface area contributed by atoms with Crippen molar-refractivity contribution in [2.45, 2.75) is 30.9 Å². The van der Waals surface area contributed by atoms with Gasteiger partial charge < -0.3 is 5.32 Å². The second-order valence-electron chi connectivity index (χ2n) is 5.53. The molecule has 3 nitrogen and oxygen atoms in total. The summed E-state index contributed by atoms with van der Waals surface area (Å²) in [6, 6.07) is 14.8. The predicted octanol–water partition coefficient (Wildman–Crippen LogP) is 5.50. The molecule has 0 aliphatic rings. The molecule has 0 atom stereocenters. The fraction of sp³-hybridized carbons (Fsp3) is 0.222. The first-order valence-corrected chi connectivity index (χ1v) is 9.27. The average molecular weight is 342 g/mol. The summed E-state index contributed by atoms with van der Waals surface area (Å²) in [5, 5.41) is 12.7. The highest BCUT2D eigenvalue weighted by Gasteiger charge is 2.07. The van der Waals surface area contributed by atoms with E-state index in [-0.39, 0.29) is 0 Å². The number of thioether (sulfide) groups is 1. The highest BCUT2D eigenvalue weighted by Crippen LogP contribution is 2.31. The number of benzene rings is 2. The molecule has 2 aromatic carbocycles. The third-order valence-corrected chi connectivity index (χ3v) is 5.67. The van der Waals surface area contributed by atoms with Crippen molar-refractivity contribution in [3.63, 3.8) is 0 Å². The van der Waals surface area contributed by atoms with E-state index in [9.17, 15) is 0 Å². The SMILES string of the molecule is Cc1ccc(C)c(CSc2nnc(Nc3ccccc3C)s2)c1. The normalized spacial score (nSPS) is 10.7. The van der Waals surface area contributed by atoms with Gasteiger partial charge >= 0.3 is 0 Å². The van der Waals surface area contributed by atoms with Crippen LogP contribution in [0, 0.1) is 20.8 Å². The molecule has 0 fully saturated rings. The van der Waals surface area contributed by atoms with Crippen molar-refractivity contribution >= 4 is 33.9 Å². The van der Waals surface area contributed by atoms with Gasteiger partial charge in [0.1, 0.15) is 0 Å². The van der Waals surface area contributed by atoms with Crippen molar-refractivity contribution in [1.29, 1.82) is 0 Å². The van der Waals surface area contributed by atoms with Crippen LogP contribution in [0.15, 0.2) is 46.8 Å². The molecule has 0 saturated carbocycles. The number of hydrogen-bond acceptors (Lipinski definition) is 5. The zero-order valence-electron chi connectivity index (χ0n) is 13.5. The molecule has 0 spiro atoms. The minimum atomic E-state index is 0.836. The number of hydrogen-bond donors (Lipinski definition) is 1. The molecule has 0 radical (unpaired) electrons. The Morgan fingerprint density at radius 2 is 1.83 bits per heavy atom. The van der Waals surface area contributed by atoms with Crippen molar-refractivity contribution in [3.05, 3.63) is 64.7 Å². The van der Waals surface area contributed by atoms with E-state index in [0.29, 0.717) is 0 Å². The summed E-state index contributed by atoms with van der Waals surface area (Å²) < 4.78 is 0.988. The first-order chi connectivity index (χ1) is 11.1. The molecule has 1 heterocycles. The Morgan fingerprint density at radius 1 is 1.00 bits per heavy atom. The fourth-order valence-electron chi connectivity index (χ4n) is 2.24. The van der Waals surface area contributed by atoms with Gasteiger partial charge in [0.05, 0.1) is 0 Å². The maximum absolute atomic E-state index is 4.28. The smallest absolute Gasteiger partial charge is 0.210 e. The molecule has 3 aromatic rings. The van der Waals surface area contributed by atoms with E-state index in [1.165, 1.54) is 22.3 Å². The highest BCUT2D eigenvalue weighted by atomic mass is 32.2. The molecule has 0 bridgehead atoms. The number of aromatic nitrogens is 2. The Bertz CT molecular complexity index is 812. The number of para-hydroxylation sites is 1. The average Bonchev–Trinajstić information content (AvgIpc) is 2.98. The molecule has 118 valence electrons. The summed E-state index contributed by atoms with van der Waals surface area (Å²) in [6.45, 7) is 6.36. The Morgan fingerprint density at radius 3 is 2.65 bits per heavy atom. The summed E-state index contributed by atoms with van der Waals surface area (Å²) >= 11 is 3.33. The Labute approximate surface area is 145 Å². The maximum Gasteiger partial charge on any atom is 0.210 e. The van der Waals surface area contributed by atoms with E-state index in [4.69, 9.17) is 0 Å². The van der Waals surface area contributed by atoms with Crippen molar-refractivity contribution in [1.82, 2.24) is 10.2 Å². The first-order valence-electron chi connectivity index (χ1n) is 7.47. The number of nitrogens with zero attached hydrogens (tertiary/aromatic N) is 2. The van der Waals surface area contributed by atoms with E-state index in [2.05, 4.69) is 66.6 Å². The Hall–Kier alpha value is -1.85. The third-order valence-electron chi connectivity index (χ3n) is 3.65. The van der Waals surface area contributed by atoms with Crippen LogP contribution < -0.4 is 5.32 Å². The van der Waals surface area contributed by atoms with Gasteiger partial charge in [-0.25, -0.2) is 0 Å². The number of anilines is 2. The lowest BCUT2D eigenvalue weighted by molar-refractivity contribution is 1.01. The van der Waals surface area contributed by atoms with Crippen LogP contribution in [0.4, 0.5) is 10.8 Å². The predicted molar refractivity (Wildman–Crippen MR) is 99.8 cm³/mol. The zero-order valence-corrected chi connectivity index (χ0v) is 15.1.